The molecule has 1 unspecified atom stereocenters. The second-order valence-electron chi connectivity index (χ2n) is 10.6. The maximum atomic E-state index is 10.7. The molecule has 1 aliphatic rings. The van der Waals surface area contributed by atoms with E-state index >= 15 is 0 Å². The van der Waals surface area contributed by atoms with Gasteiger partial charge in [0, 0.05) is 17.3 Å². The van der Waals surface area contributed by atoms with Crippen LogP contribution in [-0.2, 0) is 6.42 Å². The molecular weight excluding hydrogens is 440 g/mol. The van der Waals surface area contributed by atoms with Crippen molar-refractivity contribution in [3.8, 4) is 11.5 Å². The standard InChI is InChI=1S/C29H50N2O2S/c1-5-6-7-8-9-10-11-12-13-14-15-16-17-18-20-29(4)21-19-24-26(33-29)23(3)22(2)25(32)27(24)34-28(30)31/h32H,5-21H2,1-4H3,(H3,30,31)/p+1. The summed E-state index contributed by atoms with van der Waals surface area (Å²) in [5.74, 6) is 1.21. The molecule has 1 heterocycles. The fourth-order valence-corrected chi connectivity index (χ4v) is 5.94. The van der Waals surface area contributed by atoms with Gasteiger partial charge in [-0.25, -0.2) is 0 Å². The molecule has 0 aromatic heterocycles. The lowest BCUT2D eigenvalue weighted by Gasteiger charge is -2.38. The zero-order valence-electron chi connectivity index (χ0n) is 22.4. The van der Waals surface area contributed by atoms with E-state index in [0.717, 1.165) is 46.6 Å². The van der Waals surface area contributed by atoms with Crippen molar-refractivity contribution in [1.82, 2.24) is 0 Å². The molecule has 1 aromatic carbocycles. The number of hydrogen-bond acceptors (Lipinski definition) is 3. The van der Waals surface area contributed by atoms with Crippen LogP contribution in [0.25, 0.3) is 0 Å². The van der Waals surface area contributed by atoms with Crippen molar-refractivity contribution in [3.63, 3.8) is 0 Å². The molecule has 5 N–H and O–H groups in total. The number of phenols is 1. The van der Waals surface area contributed by atoms with Crippen LogP contribution < -0.4 is 15.9 Å². The molecular formula is C29H51N2O2S+. The fourth-order valence-electron chi connectivity index (χ4n) is 5.14. The Morgan fingerprint density at radius 2 is 1.41 bits per heavy atom. The largest absolute Gasteiger partial charge is 0.506 e. The molecule has 1 aromatic rings. The van der Waals surface area contributed by atoms with Crippen molar-refractivity contribution in [2.75, 3.05) is 0 Å². The summed E-state index contributed by atoms with van der Waals surface area (Å²) in [7, 11) is 0. The van der Waals surface area contributed by atoms with Gasteiger partial charge >= 0.3 is 5.17 Å². The molecule has 1 aliphatic heterocycles. The third-order valence-corrected chi connectivity index (χ3v) is 8.43. The number of hydrogen-bond donors (Lipinski definition) is 3. The van der Waals surface area contributed by atoms with Crippen molar-refractivity contribution in [3.05, 3.63) is 16.7 Å². The summed E-state index contributed by atoms with van der Waals surface area (Å²) < 4.78 is 6.61. The first kappa shape index (κ1) is 28.9. The van der Waals surface area contributed by atoms with E-state index in [4.69, 9.17) is 15.9 Å². The quantitative estimate of drug-likeness (QED) is 0.0994. The van der Waals surface area contributed by atoms with Gasteiger partial charge in [-0.2, -0.15) is 0 Å². The number of amidine groups is 1. The second-order valence-corrected chi connectivity index (χ2v) is 11.7. The number of unbranched alkanes of at least 4 members (excludes halogenated alkanes) is 13. The SMILES string of the molecule is CCCCCCCCCCCCCCCCC1(C)CCc2c(c(C)c(C)c(O)c2SC(N)=[NH2+])O1. The van der Waals surface area contributed by atoms with Crippen molar-refractivity contribution < 1.29 is 15.3 Å². The Hall–Kier alpha value is -1.36. The Balaban J connectivity index is 1.67. The molecule has 1 atom stereocenters. The van der Waals surface area contributed by atoms with Gasteiger partial charge < -0.3 is 9.84 Å². The number of thioether (sulfide) groups is 1. The van der Waals surface area contributed by atoms with E-state index in [0.29, 0.717) is 0 Å². The predicted molar refractivity (Wildman–Crippen MR) is 147 cm³/mol. The number of nitrogens with two attached hydrogens (primary N) is 2. The van der Waals surface area contributed by atoms with Crippen molar-refractivity contribution in [1.29, 1.82) is 0 Å². The smallest absolute Gasteiger partial charge is 0.304 e. The number of phenolic OH excluding ortho intramolecular Hbond substituents is 1. The predicted octanol–water partition coefficient (Wildman–Crippen LogP) is 7.13. The van der Waals surface area contributed by atoms with E-state index in [1.165, 1.54) is 102 Å². The molecule has 2 rings (SSSR count). The highest BCUT2D eigenvalue weighted by Crippen LogP contribution is 2.48. The van der Waals surface area contributed by atoms with Crippen LogP contribution in [0.5, 0.6) is 11.5 Å². The van der Waals surface area contributed by atoms with Crippen molar-refractivity contribution >= 4 is 16.9 Å². The summed E-state index contributed by atoms with van der Waals surface area (Å²) in [5, 5.41) is 16.6. The molecule has 194 valence electrons. The lowest BCUT2D eigenvalue weighted by molar-refractivity contribution is -0.110. The average molecular weight is 492 g/mol. The minimum Gasteiger partial charge on any atom is -0.506 e. The Bertz CT molecular complexity index is 780. The van der Waals surface area contributed by atoms with Crippen LogP contribution in [0.2, 0.25) is 0 Å². The molecule has 0 amide bonds. The highest BCUT2D eigenvalue weighted by molar-refractivity contribution is 8.13. The second kappa shape index (κ2) is 14.9. The molecule has 0 saturated heterocycles. The zero-order valence-corrected chi connectivity index (χ0v) is 23.3. The van der Waals surface area contributed by atoms with E-state index in [1.54, 1.807) is 0 Å². The van der Waals surface area contributed by atoms with Crippen LogP contribution in [-0.4, -0.2) is 15.9 Å². The van der Waals surface area contributed by atoms with Crippen LogP contribution >= 0.6 is 11.8 Å². The normalized spacial score (nSPS) is 17.4. The molecule has 0 spiro atoms. The maximum absolute atomic E-state index is 10.7. The minimum absolute atomic E-state index is 0.141. The summed E-state index contributed by atoms with van der Waals surface area (Å²) in [6, 6.07) is 0. The van der Waals surface area contributed by atoms with E-state index in [1.807, 2.05) is 13.8 Å². The summed E-state index contributed by atoms with van der Waals surface area (Å²) in [5.41, 5.74) is 8.53. The molecule has 0 saturated carbocycles. The average Bonchev–Trinajstić information content (AvgIpc) is 2.80. The van der Waals surface area contributed by atoms with Gasteiger partial charge in [-0.05, 0) is 57.6 Å². The van der Waals surface area contributed by atoms with Crippen LogP contribution in [0.3, 0.4) is 0 Å². The monoisotopic (exact) mass is 491 g/mol. The Morgan fingerprint density at radius 3 is 1.91 bits per heavy atom. The van der Waals surface area contributed by atoms with Crippen molar-refractivity contribution in [2.45, 2.75) is 147 Å². The number of rotatable bonds is 16. The first-order chi connectivity index (χ1) is 16.3. The van der Waals surface area contributed by atoms with Crippen molar-refractivity contribution in [2.24, 2.45) is 5.73 Å². The summed E-state index contributed by atoms with van der Waals surface area (Å²) >= 11 is 1.24. The molecule has 0 bridgehead atoms. The Morgan fingerprint density at radius 1 is 0.912 bits per heavy atom. The summed E-state index contributed by atoms with van der Waals surface area (Å²) in [6.45, 7) is 8.50. The van der Waals surface area contributed by atoms with Gasteiger partial charge in [0.25, 0.3) is 0 Å². The molecule has 4 nitrogen and oxygen atoms in total. The van der Waals surface area contributed by atoms with Gasteiger partial charge in [0.15, 0.2) is 0 Å². The number of fused-ring (bicyclic) bond motifs is 1. The lowest BCUT2D eigenvalue weighted by atomic mass is 9.86. The van der Waals surface area contributed by atoms with Gasteiger partial charge in [0.05, 0.1) is 4.90 Å². The van der Waals surface area contributed by atoms with Gasteiger partial charge in [-0.3, -0.25) is 11.1 Å². The number of aromatic hydroxyl groups is 1. The lowest BCUT2D eigenvalue weighted by Crippen LogP contribution is -2.43. The third-order valence-electron chi connectivity index (χ3n) is 7.55. The van der Waals surface area contributed by atoms with Gasteiger partial charge in [0.2, 0.25) is 0 Å². The first-order valence-corrected chi connectivity index (χ1v) is 14.7. The molecule has 0 fully saturated rings. The van der Waals surface area contributed by atoms with E-state index < -0.39 is 0 Å². The number of benzene rings is 1. The highest BCUT2D eigenvalue weighted by atomic mass is 32.2. The molecule has 0 radical (unpaired) electrons. The minimum atomic E-state index is -0.141. The zero-order chi connectivity index (χ0) is 25.0. The van der Waals surface area contributed by atoms with Crippen LogP contribution in [0.15, 0.2) is 4.90 Å². The third kappa shape index (κ3) is 9.02. The van der Waals surface area contributed by atoms with E-state index in [-0.39, 0.29) is 16.5 Å². The van der Waals surface area contributed by atoms with Crippen LogP contribution in [0.4, 0.5) is 0 Å². The molecule has 5 heteroatoms. The Kier molecular flexibility index (Phi) is 12.7. The van der Waals surface area contributed by atoms with Gasteiger partial charge in [0.1, 0.15) is 17.1 Å². The van der Waals surface area contributed by atoms with Gasteiger partial charge in [-0.1, -0.05) is 90.4 Å². The Labute approximate surface area is 213 Å². The van der Waals surface area contributed by atoms with Crippen LogP contribution in [0, 0.1) is 13.8 Å². The van der Waals surface area contributed by atoms with E-state index in [2.05, 4.69) is 13.8 Å². The van der Waals surface area contributed by atoms with Gasteiger partial charge in [-0.15, -0.1) is 0 Å². The topological polar surface area (TPSA) is 81.1 Å². The van der Waals surface area contributed by atoms with Crippen LogP contribution in [0.1, 0.15) is 133 Å². The number of ether oxygens (including phenoxy) is 1. The molecule has 0 aliphatic carbocycles. The van der Waals surface area contributed by atoms with E-state index in [9.17, 15) is 5.11 Å². The molecule has 34 heavy (non-hydrogen) atoms. The maximum Gasteiger partial charge on any atom is 0.304 e. The highest BCUT2D eigenvalue weighted by Gasteiger charge is 2.35. The summed E-state index contributed by atoms with van der Waals surface area (Å²) in [6.07, 6.45) is 22.2. The fraction of sp³-hybridized carbons (Fsp3) is 0.759. The first-order valence-electron chi connectivity index (χ1n) is 13.9. The summed E-state index contributed by atoms with van der Waals surface area (Å²) in [4.78, 5) is 0.761.